The molecule has 0 spiro atoms. The molecule has 0 unspecified atom stereocenters. The van der Waals surface area contributed by atoms with Crippen LogP contribution in [-0.4, -0.2) is 31.8 Å². The number of nitrogens with one attached hydrogen (secondary N) is 1. The van der Waals surface area contributed by atoms with Gasteiger partial charge in [-0.3, -0.25) is 4.79 Å². The molecular weight excluding hydrogens is 420 g/mol. The number of para-hydroxylation sites is 1. The average molecular weight is 439 g/mol. The maximum atomic E-state index is 12.2. The molecule has 1 N–H and O–H groups in total. The summed E-state index contributed by atoms with van der Waals surface area (Å²) in [5, 5.41) is 4.30. The van der Waals surface area contributed by atoms with Gasteiger partial charge in [0.15, 0.2) is 6.61 Å². The maximum absolute atomic E-state index is 12.2. The summed E-state index contributed by atoms with van der Waals surface area (Å²) >= 11 is 5.96. The summed E-state index contributed by atoms with van der Waals surface area (Å²) < 4.78 is 15.7. The van der Waals surface area contributed by atoms with Crippen LogP contribution in [-0.2, 0) is 4.79 Å². The molecule has 158 valence electrons. The molecule has 3 rings (SSSR count). The molecule has 0 bridgehead atoms. The number of hydrogen-bond donors (Lipinski definition) is 1. The Morgan fingerprint density at radius 2 is 1.65 bits per heavy atom. The van der Waals surface area contributed by atoms with E-state index in [1.54, 1.807) is 79.9 Å². The Morgan fingerprint density at radius 1 is 0.968 bits per heavy atom. The van der Waals surface area contributed by atoms with Crippen LogP contribution in [0.2, 0.25) is 5.02 Å². The van der Waals surface area contributed by atoms with Gasteiger partial charge in [-0.2, -0.15) is 5.10 Å². The smallest absolute Gasteiger partial charge is 0.343 e. The second-order valence-electron chi connectivity index (χ2n) is 6.20. The molecule has 0 saturated carbocycles. The maximum Gasteiger partial charge on any atom is 0.343 e. The van der Waals surface area contributed by atoms with E-state index in [0.717, 1.165) is 0 Å². The minimum Gasteiger partial charge on any atom is -0.497 e. The van der Waals surface area contributed by atoms with Gasteiger partial charge >= 0.3 is 5.97 Å². The molecular formula is C23H19ClN2O5. The van der Waals surface area contributed by atoms with E-state index in [9.17, 15) is 9.59 Å². The van der Waals surface area contributed by atoms with Gasteiger partial charge in [0.05, 0.1) is 23.9 Å². The van der Waals surface area contributed by atoms with Crippen LogP contribution < -0.4 is 19.6 Å². The molecule has 0 aliphatic rings. The predicted molar refractivity (Wildman–Crippen MR) is 117 cm³/mol. The summed E-state index contributed by atoms with van der Waals surface area (Å²) in [5.41, 5.74) is 3.48. The number of amides is 1. The first-order chi connectivity index (χ1) is 15.0. The van der Waals surface area contributed by atoms with E-state index in [2.05, 4.69) is 10.5 Å². The second kappa shape index (κ2) is 10.8. The number of hydrogen-bond acceptors (Lipinski definition) is 6. The van der Waals surface area contributed by atoms with Crippen LogP contribution in [0.1, 0.15) is 15.9 Å². The number of nitrogens with zero attached hydrogens (tertiary/aromatic N) is 1. The molecule has 0 heterocycles. The molecule has 0 aliphatic heterocycles. The standard InChI is InChI=1S/C23H19ClN2O5/c1-29-18-12-8-17(9-13-18)23(28)31-19-10-6-16(7-11-19)14-25-26-22(27)15-30-21-5-3-2-4-20(21)24/h2-14H,15H2,1H3,(H,26,27)/b25-14+. The summed E-state index contributed by atoms with van der Waals surface area (Å²) in [4.78, 5) is 24.0. The van der Waals surface area contributed by atoms with Gasteiger partial charge in [0.2, 0.25) is 0 Å². The molecule has 0 radical (unpaired) electrons. The van der Waals surface area contributed by atoms with Gasteiger partial charge in [0, 0.05) is 0 Å². The number of ether oxygens (including phenoxy) is 3. The number of esters is 1. The highest BCUT2D eigenvalue weighted by atomic mass is 35.5. The Bertz CT molecular complexity index is 1070. The zero-order chi connectivity index (χ0) is 22.1. The van der Waals surface area contributed by atoms with Crippen molar-refractivity contribution in [1.82, 2.24) is 5.43 Å². The summed E-state index contributed by atoms with van der Waals surface area (Å²) in [7, 11) is 1.55. The molecule has 31 heavy (non-hydrogen) atoms. The molecule has 0 saturated heterocycles. The van der Waals surface area contributed by atoms with E-state index in [1.807, 2.05) is 0 Å². The van der Waals surface area contributed by atoms with Crippen LogP contribution in [0.25, 0.3) is 0 Å². The highest BCUT2D eigenvalue weighted by Crippen LogP contribution is 2.22. The Kier molecular flexibility index (Phi) is 7.61. The van der Waals surface area contributed by atoms with Crippen molar-refractivity contribution in [3.05, 3.63) is 88.9 Å². The third-order valence-electron chi connectivity index (χ3n) is 4.01. The molecule has 3 aromatic rings. The first kappa shape index (κ1) is 21.9. The molecule has 3 aromatic carbocycles. The van der Waals surface area contributed by atoms with Gasteiger partial charge in [-0.25, -0.2) is 10.2 Å². The lowest BCUT2D eigenvalue weighted by Crippen LogP contribution is -2.24. The molecule has 7 nitrogen and oxygen atoms in total. The largest absolute Gasteiger partial charge is 0.497 e. The van der Waals surface area contributed by atoms with Gasteiger partial charge in [-0.1, -0.05) is 23.7 Å². The summed E-state index contributed by atoms with van der Waals surface area (Å²) in [6, 6.07) is 20.1. The minimum absolute atomic E-state index is 0.221. The van der Waals surface area contributed by atoms with E-state index in [4.69, 9.17) is 25.8 Å². The van der Waals surface area contributed by atoms with Crippen molar-refractivity contribution in [2.45, 2.75) is 0 Å². The second-order valence-corrected chi connectivity index (χ2v) is 6.61. The first-order valence-electron chi connectivity index (χ1n) is 9.20. The van der Waals surface area contributed by atoms with Gasteiger partial charge in [0.25, 0.3) is 5.91 Å². The van der Waals surface area contributed by atoms with Gasteiger partial charge in [0.1, 0.15) is 17.2 Å². The van der Waals surface area contributed by atoms with E-state index in [-0.39, 0.29) is 6.61 Å². The van der Waals surface area contributed by atoms with Crippen molar-refractivity contribution in [3.8, 4) is 17.2 Å². The predicted octanol–water partition coefficient (Wildman–Crippen LogP) is 4.10. The zero-order valence-electron chi connectivity index (χ0n) is 16.6. The van der Waals surface area contributed by atoms with Gasteiger partial charge in [-0.05, 0) is 66.2 Å². The van der Waals surface area contributed by atoms with Crippen molar-refractivity contribution < 1.29 is 23.8 Å². The van der Waals surface area contributed by atoms with E-state index in [1.165, 1.54) is 6.21 Å². The molecule has 8 heteroatoms. The lowest BCUT2D eigenvalue weighted by molar-refractivity contribution is -0.123. The fraction of sp³-hybridized carbons (Fsp3) is 0.0870. The monoisotopic (exact) mass is 438 g/mol. The fourth-order valence-corrected chi connectivity index (χ4v) is 2.62. The Morgan fingerprint density at radius 3 is 2.32 bits per heavy atom. The normalized spacial score (nSPS) is 10.5. The quantitative estimate of drug-likeness (QED) is 0.248. The third-order valence-corrected chi connectivity index (χ3v) is 4.33. The number of methoxy groups -OCH3 is 1. The van der Waals surface area contributed by atoms with Crippen molar-refractivity contribution in [2.24, 2.45) is 5.10 Å². The number of hydrazone groups is 1. The van der Waals surface area contributed by atoms with Crippen molar-refractivity contribution in [3.63, 3.8) is 0 Å². The Labute approximate surface area is 184 Å². The molecule has 0 atom stereocenters. The van der Waals surface area contributed by atoms with Gasteiger partial charge in [-0.15, -0.1) is 0 Å². The number of rotatable bonds is 8. The SMILES string of the molecule is COc1ccc(C(=O)Oc2ccc(/C=N/NC(=O)COc3ccccc3Cl)cc2)cc1. The number of carbonyl (C=O) groups excluding carboxylic acids is 2. The minimum atomic E-state index is -0.477. The van der Waals surface area contributed by atoms with Crippen LogP contribution in [0.5, 0.6) is 17.2 Å². The molecule has 0 aliphatic carbocycles. The molecule has 0 fully saturated rings. The third kappa shape index (κ3) is 6.58. The van der Waals surface area contributed by atoms with Crippen LogP contribution in [0.4, 0.5) is 0 Å². The summed E-state index contributed by atoms with van der Waals surface area (Å²) in [6.45, 7) is -0.221. The van der Waals surface area contributed by atoms with Crippen LogP contribution in [0, 0.1) is 0 Å². The van der Waals surface area contributed by atoms with Crippen molar-refractivity contribution in [1.29, 1.82) is 0 Å². The lowest BCUT2D eigenvalue weighted by atomic mass is 10.2. The van der Waals surface area contributed by atoms with Crippen LogP contribution in [0.3, 0.4) is 0 Å². The van der Waals surface area contributed by atoms with Crippen molar-refractivity contribution in [2.75, 3.05) is 13.7 Å². The molecule has 0 aromatic heterocycles. The lowest BCUT2D eigenvalue weighted by Gasteiger charge is -2.06. The highest BCUT2D eigenvalue weighted by molar-refractivity contribution is 6.32. The topological polar surface area (TPSA) is 86.2 Å². The van der Waals surface area contributed by atoms with E-state index < -0.39 is 11.9 Å². The number of halogens is 1. The van der Waals surface area contributed by atoms with Crippen LogP contribution in [0.15, 0.2) is 77.9 Å². The highest BCUT2D eigenvalue weighted by Gasteiger charge is 2.09. The Balaban J connectivity index is 1.47. The molecule has 1 amide bonds. The summed E-state index contributed by atoms with van der Waals surface area (Å²) in [5.74, 6) is 0.553. The number of benzene rings is 3. The van der Waals surface area contributed by atoms with Crippen molar-refractivity contribution >= 4 is 29.7 Å². The summed E-state index contributed by atoms with van der Waals surface area (Å²) in [6.07, 6.45) is 1.46. The Hall–Kier alpha value is -3.84. The fourth-order valence-electron chi connectivity index (χ4n) is 2.43. The zero-order valence-corrected chi connectivity index (χ0v) is 17.3. The average Bonchev–Trinajstić information content (AvgIpc) is 2.79. The first-order valence-corrected chi connectivity index (χ1v) is 9.58. The van der Waals surface area contributed by atoms with Gasteiger partial charge < -0.3 is 14.2 Å². The number of carbonyl (C=O) groups is 2. The van der Waals surface area contributed by atoms with Crippen LogP contribution >= 0.6 is 11.6 Å². The van der Waals surface area contributed by atoms with E-state index in [0.29, 0.717) is 33.4 Å². The van der Waals surface area contributed by atoms with E-state index >= 15 is 0 Å².